The van der Waals surface area contributed by atoms with Gasteiger partial charge in [0.15, 0.2) is 0 Å². The Bertz CT molecular complexity index is 471. The van der Waals surface area contributed by atoms with Gasteiger partial charge in [0.05, 0.1) is 0 Å². The summed E-state index contributed by atoms with van der Waals surface area (Å²) in [6.07, 6.45) is 3.70. The number of ether oxygens (including phenoxy) is 1. The molecule has 0 amide bonds. The van der Waals surface area contributed by atoms with Crippen LogP contribution in [0.15, 0.2) is 4.42 Å². The van der Waals surface area contributed by atoms with Crippen LogP contribution in [-0.2, 0) is 11.3 Å². The van der Waals surface area contributed by atoms with Crippen molar-refractivity contribution in [1.82, 2.24) is 10.2 Å². The molecule has 0 radical (unpaired) electrons. The van der Waals surface area contributed by atoms with E-state index in [1.807, 2.05) is 0 Å². The Morgan fingerprint density at radius 1 is 1.32 bits per heavy atom. The van der Waals surface area contributed by atoms with Gasteiger partial charge in [0, 0.05) is 19.7 Å². The van der Waals surface area contributed by atoms with E-state index in [9.17, 15) is 0 Å². The standard InChI is InChI=1S/C14H23N3O2/c1-13(2)5-10-6-14(3,8-13)9-17(10)12-16-15-11(19-12)7-18-4/h10H,5-9H2,1-4H3/t10-,14-/m1/s1. The van der Waals surface area contributed by atoms with Gasteiger partial charge in [-0.3, -0.25) is 0 Å². The molecule has 5 heteroatoms. The first kappa shape index (κ1) is 12.9. The van der Waals surface area contributed by atoms with Gasteiger partial charge >= 0.3 is 6.01 Å². The van der Waals surface area contributed by atoms with Crippen LogP contribution in [0.1, 0.15) is 45.9 Å². The topological polar surface area (TPSA) is 51.4 Å². The van der Waals surface area contributed by atoms with Crippen molar-refractivity contribution < 1.29 is 9.15 Å². The lowest BCUT2D eigenvalue weighted by Gasteiger charge is -2.39. The number of methoxy groups -OCH3 is 1. The third-order valence-corrected chi connectivity index (χ3v) is 4.38. The van der Waals surface area contributed by atoms with Crippen molar-refractivity contribution >= 4 is 6.01 Å². The maximum atomic E-state index is 5.71. The van der Waals surface area contributed by atoms with E-state index in [1.54, 1.807) is 7.11 Å². The van der Waals surface area contributed by atoms with Crippen molar-refractivity contribution in [2.75, 3.05) is 18.6 Å². The van der Waals surface area contributed by atoms with Crippen LogP contribution < -0.4 is 4.90 Å². The Morgan fingerprint density at radius 3 is 2.84 bits per heavy atom. The van der Waals surface area contributed by atoms with Gasteiger partial charge in [-0.05, 0) is 30.1 Å². The first-order chi connectivity index (χ1) is 8.91. The van der Waals surface area contributed by atoms with Gasteiger partial charge in [-0.25, -0.2) is 0 Å². The zero-order valence-corrected chi connectivity index (χ0v) is 12.3. The minimum Gasteiger partial charge on any atom is -0.405 e. The highest BCUT2D eigenvalue weighted by Crippen LogP contribution is 2.53. The molecule has 106 valence electrons. The molecule has 1 aromatic heterocycles. The lowest BCUT2D eigenvalue weighted by molar-refractivity contribution is 0.136. The van der Waals surface area contributed by atoms with Gasteiger partial charge in [-0.1, -0.05) is 25.9 Å². The van der Waals surface area contributed by atoms with E-state index >= 15 is 0 Å². The number of fused-ring (bicyclic) bond motifs is 2. The molecule has 1 saturated heterocycles. The Balaban J connectivity index is 1.82. The number of anilines is 1. The summed E-state index contributed by atoms with van der Waals surface area (Å²) in [4.78, 5) is 2.31. The molecular formula is C14H23N3O2. The fourth-order valence-electron chi connectivity index (χ4n) is 4.23. The molecule has 1 saturated carbocycles. The summed E-state index contributed by atoms with van der Waals surface area (Å²) in [6.45, 7) is 8.52. The molecule has 1 aliphatic heterocycles. The monoisotopic (exact) mass is 265 g/mol. The van der Waals surface area contributed by atoms with Crippen LogP contribution in [0.3, 0.4) is 0 Å². The third kappa shape index (κ3) is 2.36. The fourth-order valence-corrected chi connectivity index (χ4v) is 4.23. The molecule has 1 aromatic rings. The molecule has 19 heavy (non-hydrogen) atoms. The fraction of sp³-hybridized carbons (Fsp3) is 0.857. The number of nitrogens with zero attached hydrogens (tertiary/aromatic N) is 3. The SMILES string of the molecule is COCc1nnc(N2C[C@]3(C)C[C@H]2CC(C)(C)C3)o1. The van der Waals surface area contributed by atoms with Crippen molar-refractivity contribution in [1.29, 1.82) is 0 Å². The van der Waals surface area contributed by atoms with Crippen LogP contribution in [0.25, 0.3) is 0 Å². The number of hydrogen-bond acceptors (Lipinski definition) is 5. The van der Waals surface area contributed by atoms with E-state index in [0.29, 0.717) is 35.4 Å². The predicted molar refractivity (Wildman–Crippen MR) is 71.9 cm³/mol. The Hall–Kier alpha value is -1.10. The lowest BCUT2D eigenvalue weighted by atomic mass is 9.65. The summed E-state index contributed by atoms with van der Waals surface area (Å²) in [5.41, 5.74) is 0.782. The molecule has 2 heterocycles. The van der Waals surface area contributed by atoms with Crippen LogP contribution >= 0.6 is 0 Å². The summed E-state index contributed by atoms with van der Waals surface area (Å²) in [5, 5.41) is 8.23. The summed E-state index contributed by atoms with van der Waals surface area (Å²) < 4.78 is 10.7. The maximum absolute atomic E-state index is 5.71. The molecule has 2 bridgehead atoms. The summed E-state index contributed by atoms with van der Waals surface area (Å²) in [7, 11) is 1.64. The number of aromatic nitrogens is 2. The normalized spacial score (nSPS) is 32.8. The number of rotatable bonds is 3. The van der Waals surface area contributed by atoms with E-state index in [4.69, 9.17) is 9.15 Å². The van der Waals surface area contributed by atoms with Crippen molar-refractivity contribution in [2.24, 2.45) is 10.8 Å². The molecule has 5 nitrogen and oxygen atoms in total. The van der Waals surface area contributed by atoms with Gasteiger partial charge in [0.1, 0.15) is 6.61 Å². The molecule has 0 N–H and O–H groups in total. The van der Waals surface area contributed by atoms with Crippen LogP contribution in [0.2, 0.25) is 0 Å². The zero-order valence-electron chi connectivity index (χ0n) is 12.3. The summed E-state index contributed by atoms with van der Waals surface area (Å²) in [5.74, 6) is 0.559. The first-order valence-electron chi connectivity index (χ1n) is 6.99. The Morgan fingerprint density at radius 2 is 2.11 bits per heavy atom. The van der Waals surface area contributed by atoms with Gasteiger partial charge in [0.2, 0.25) is 5.89 Å². The molecule has 2 aliphatic rings. The summed E-state index contributed by atoms with van der Waals surface area (Å²) in [6, 6.07) is 1.20. The molecule has 0 unspecified atom stereocenters. The van der Waals surface area contributed by atoms with E-state index in [-0.39, 0.29) is 0 Å². The van der Waals surface area contributed by atoms with E-state index in [0.717, 1.165) is 6.54 Å². The maximum Gasteiger partial charge on any atom is 0.318 e. The van der Waals surface area contributed by atoms with Crippen molar-refractivity contribution in [2.45, 2.75) is 52.7 Å². The molecule has 3 rings (SSSR count). The van der Waals surface area contributed by atoms with Gasteiger partial charge in [-0.2, -0.15) is 0 Å². The smallest absolute Gasteiger partial charge is 0.318 e. The second-order valence-electron chi connectivity index (χ2n) is 7.25. The molecular weight excluding hydrogens is 242 g/mol. The number of hydrogen-bond donors (Lipinski definition) is 0. The van der Waals surface area contributed by atoms with Crippen molar-refractivity contribution in [3.8, 4) is 0 Å². The van der Waals surface area contributed by atoms with Crippen LogP contribution in [0.4, 0.5) is 6.01 Å². The highest BCUT2D eigenvalue weighted by Gasteiger charge is 2.50. The minimum atomic E-state index is 0.377. The third-order valence-electron chi connectivity index (χ3n) is 4.38. The van der Waals surface area contributed by atoms with Crippen molar-refractivity contribution in [3.05, 3.63) is 5.89 Å². The molecule has 2 fully saturated rings. The molecule has 0 spiro atoms. The largest absolute Gasteiger partial charge is 0.405 e. The quantitative estimate of drug-likeness (QED) is 0.841. The van der Waals surface area contributed by atoms with Gasteiger partial charge in [-0.15, -0.1) is 5.10 Å². The van der Waals surface area contributed by atoms with Crippen molar-refractivity contribution in [3.63, 3.8) is 0 Å². The Kier molecular flexibility index (Phi) is 2.85. The average Bonchev–Trinajstić information content (AvgIpc) is 2.80. The molecule has 0 aromatic carbocycles. The summed E-state index contributed by atoms with van der Waals surface area (Å²) >= 11 is 0. The highest BCUT2D eigenvalue weighted by molar-refractivity contribution is 5.33. The van der Waals surface area contributed by atoms with E-state index < -0.39 is 0 Å². The van der Waals surface area contributed by atoms with Crippen LogP contribution in [-0.4, -0.2) is 29.9 Å². The second-order valence-corrected chi connectivity index (χ2v) is 7.25. The molecule has 2 atom stereocenters. The lowest BCUT2D eigenvalue weighted by Crippen LogP contribution is -2.34. The Labute approximate surface area is 114 Å². The second kappa shape index (κ2) is 4.20. The first-order valence-corrected chi connectivity index (χ1v) is 6.99. The predicted octanol–water partition coefficient (Wildman–Crippen LogP) is 2.62. The minimum absolute atomic E-state index is 0.377. The zero-order chi connectivity index (χ0) is 13.7. The van der Waals surface area contributed by atoms with Crippen LogP contribution in [0, 0.1) is 10.8 Å². The van der Waals surface area contributed by atoms with Gasteiger partial charge < -0.3 is 14.1 Å². The molecule has 1 aliphatic carbocycles. The van der Waals surface area contributed by atoms with E-state index in [2.05, 4.69) is 35.9 Å². The van der Waals surface area contributed by atoms with Crippen LogP contribution in [0.5, 0.6) is 0 Å². The van der Waals surface area contributed by atoms with Gasteiger partial charge in [0.25, 0.3) is 0 Å². The average molecular weight is 265 g/mol. The van der Waals surface area contributed by atoms with E-state index in [1.165, 1.54) is 19.3 Å². The highest BCUT2D eigenvalue weighted by atomic mass is 16.5.